The Hall–Kier alpha value is -1.57. The van der Waals surface area contributed by atoms with Gasteiger partial charge in [0, 0.05) is 18.5 Å². The third kappa shape index (κ3) is 6.68. The van der Waals surface area contributed by atoms with E-state index in [0.29, 0.717) is 24.7 Å². The van der Waals surface area contributed by atoms with Crippen molar-refractivity contribution in [2.75, 3.05) is 18.6 Å². The Labute approximate surface area is 158 Å². The van der Waals surface area contributed by atoms with Crippen LogP contribution in [0.2, 0.25) is 0 Å². The van der Waals surface area contributed by atoms with Gasteiger partial charge in [-0.3, -0.25) is 4.79 Å². The van der Waals surface area contributed by atoms with Crippen LogP contribution in [0.5, 0.6) is 0 Å². The number of aromatic nitrogens is 2. The molecule has 1 heterocycles. The fourth-order valence-corrected chi connectivity index (χ4v) is 2.66. The normalized spacial score (nSPS) is 11.6. The Morgan fingerprint density at radius 2 is 2.08 bits per heavy atom. The van der Waals surface area contributed by atoms with Crippen LogP contribution in [0.3, 0.4) is 0 Å². The van der Waals surface area contributed by atoms with E-state index >= 15 is 0 Å². The van der Waals surface area contributed by atoms with Gasteiger partial charge in [-0.15, -0.1) is 12.4 Å². The molecule has 0 fully saturated rings. The van der Waals surface area contributed by atoms with Crippen molar-refractivity contribution in [1.82, 2.24) is 15.5 Å². The monoisotopic (exact) mass is 384 g/mol. The van der Waals surface area contributed by atoms with Gasteiger partial charge in [0.25, 0.3) is 5.89 Å². The summed E-state index contributed by atoms with van der Waals surface area (Å²) in [5, 5.41) is 6.78. The zero-order valence-electron chi connectivity index (χ0n) is 14.5. The van der Waals surface area contributed by atoms with Crippen LogP contribution in [0.25, 0.3) is 11.5 Å². The number of rotatable bonds is 9. The van der Waals surface area contributed by atoms with Gasteiger partial charge in [0.15, 0.2) is 5.82 Å². The molecule has 25 heavy (non-hydrogen) atoms. The summed E-state index contributed by atoms with van der Waals surface area (Å²) in [4.78, 5) is 16.1. The standard InChI is InChI=1S/C17H24N4O2S.ClH/c1-3-15-20-17(23-21-15)13-6-4-12(5-7-13)8-10-19-16(22)14(18)9-11-24-2;/h4-7,14H,3,8-11,18H2,1-2H3,(H,19,22);1H/t14-;/m0./s1. The van der Waals surface area contributed by atoms with Crippen LogP contribution >= 0.6 is 24.2 Å². The molecule has 0 bridgehead atoms. The Bertz CT molecular complexity index is 648. The van der Waals surface area contributed by atoms with Gasteiger partial charge in [-0.05, 0) is 42.5 Å². The first-order valence-corrected chi connectivity index (χ1v) is 9.47. The minimum Gasteiger partial charge on any atom is -0.354 e. The molecule has 1 atom stereocenters. The third-order valence-electron chi connectivity index (χ3n) is 3.67. The van der Waals surface area contributed by atoms with Gasteiger partial charge in [-0.25, -0.2) is 0 Å². The highest BCUT2D eigenvalue weighted by Crippen LogP contribution is 2.18. The van der Waals surface area contributed by atoms with Gasteiger partial charge in [-0.1, -0.05) is 24.2 Å². The van der Waals surface area contributed by atoms with Crippen molar-refractivity contribution in [3.05, 3.63) is 35.7 Å². The average molecular weight is 385 g/mol. The summed E-state index contributed by atoms with van der Waals surface area (Å²) >= 11 is 1.69. The molecule has 0 saturated carbocycles. The van der Waals surface area contributed by atoms with Crippen molar-refractivity contribution in [2.45, 2.75) is 32.2 Å². The fraction of sp³-hybridized carbons (Fsp3) is 0.471. The maximum absolute atomic E-state index is 11.8. The Morgan fingerprint density at radius 3 is 2.68 bits per heavy atom. The molecule has 0 saturated heterocycles. The molecule has 3 N–H and O–H groups in total. The van der Waals surface area contributed by atoms with Crippen molar-refractivity contribution in [2.24, 2.45) is 5.73 Å². The van der Waals surface area contributed by atoms with Crippen LogP contribution < -0.4 is 11.1 Å². The second-order valence-electron chi connectivity index (χ2n) is 5.50. The quantitative estimate of drug-likeness (QED) is 0.689. The van der Waals surface area contributed by atoms with E-state index in [-0.39, 0.29) is 18.3 Å². The van der Waals surface area contributed by atoms with Gasteiger partial charge in [0.2, 0.25) is 5.91 Å². The molecule has 0 unspecified atom stereocenters. The van der Waals surface area contributed by atoms with Crippen LogP contribution in [-0.2, 0) is 17.6 Å². The Morgan fingerprint density at radius 1 is 1.36 bits per heavy atom. The topological polar surface area (TPSA) is 94.0 Å². The maximum Gasteiger partial charge on any atom is 0.257 e. The molecular formula is C17H25ClN4O2S. The van der Waals surface area contributed by atoms with Crippen molar-refractivity contribution >= 4 is 30.1 Å². The predicted octanol–water partition coefficient (Wildman–Crippen LogP) is 2.46. The highest BCUT2D eigenvalue weighted by atomic mass is 35.5. The molecule has 0 aliphatic carbocycles. The summed E-state index contributed by atoms with van der Waals surface area (Å²) < 4.78 is 5.22. The number of carbonyl (C=O) groups is 1. The molecule has 0 aliphatic rings. The van der Waals surface area contributed by atoms with E-state index in [2.05, 4.69) is 15.5 Å². The Balaban J connectivity index is 0.00000312. The lowest BCUT2D eigenvalue weighted by Gasteiger charge is -2.11. The van der Waals surface area contributed by atoms with Gasteiger partial charge < -0.3 is 15.6 Å². The largest absolute Gasteiger partial charge is 0.354 e. The Kier molecular flexibility index (Phi) is 9.55. The van der Waals surface area contributed by atoms with Crippen LogP contribution in [0, 0.1) is 0 Å². The summed E-state index contributed by atoms with van der Waals surface area (Å²) in [6.07, 6.45) is 4.21. The number of thioether (sulfide) groups is 1. The van der Waals surface area contributed by atoms with E-state index in [1.165, 1.54) is 0 Å². The third-order valence-corrected chi connectivity index (χ3v) is 4.31. The number of nitrogens with two attached hydrogens (primary N) is 1. The molecule has 0 aliphatic heterocycles. The summed E-state index contributed by atoms with van der Waals surface area (Å²) in [5.41, 5.74) is 7.86. The minimum absolute atomic E-state index is 0. The summed E-state index contributed by atoms with van der Waals surface area (Å²) in [7, 11) is 0. The zero-order valence-corrected chi connectivity index (χ0v) is 16.2. The van der Waals surface area contributed by atoms with Crippen molar-refractivity contribution in [3.63, 3.8) is 0 Å². The van der Waals surface area contributed by atoms with E-state index in [4.69, 9.17) is 10.3 Å². The lowest BCUT2D eigenvalue weighted by atomic mass is 10.1. The van der Waals surface area contributed by atoms with E-state index in [1.807, 2.05) is 37.4 Å². The van der Waals surface area contributed by atoms with Crippen molar-refractivity contribution < 1.29 is 9.32 Å². The van der Waals surface area contributed by atoms with Gasteiger partial charge in [0.1, 0.15) is 0 Å². The van der Waals surface area contributed by atoms with Crippen LogP contribution in [0.1, 0.15) is 24.7 Å². The number of nitrogens with one attached hydrogen (secondary N) is 1. The SMILES string of the molecule is CCc1noc(-c2ccc(CCNC(=O)[C@@H](N)CCSC)cc2)n1.Cl. The summed E-state index contributed by atoms with van der Waals surface area (Å²) in [6.45, 7) is 2.56. The number of hydrogen-bond acceptors (Lipinski definition) is 6. The number of halogens is 1. The molecule has 1 aromatic carbocycles. The highest BCUT2D eigenvalue weighted by molar-refractivity contribution is 7.98. The molecular weight excluding hydrogens is 360 g/mol. The predicted molar refractivity (Wildman–Crippen MR) is 104 cm³/mol. The molecule has 1 amide bonds. The number of aryl methyl sites for hydroxylation is 1. The first-order chi connectivity index (χ1) is 11.6. The highest BCUT2D eigenvalue weighted by Gasteiger charge is 2.12. The van der Waals surface area contributed by atoms with Crippen LogP contribution in [0.4, 0.5) is 0 Å². The summed E-state index contributed by atoms with van der Waals surface area (Å²) in [6, 6.07) is 7.49. The number of amides is 1. The maximum atomic E-state index is 11.8. The molecule has 8 heteroatoms. The van der Waals surface area contributed by atoms with Gasteiger partial charge in [0.05, 0.1) is 6.04 Å². The number of hydrogen-bond donors (Lipinski definition) is 2. The molecule has 2 rings (SSSR count). The van der Waals surface area contributed by atoms with E-state index in [0.717, 1.165) is 29.7 Å². The first-order valence-electron chi connectivity index (χ1n) is 8.08. The molecule has 6 nitrogen and oxygen atoms in total. The molecule has 2 aromatic rings. The lowest BCUT2D eigenvalue weighted by Crippen LogP contribution is -2.41. The second-order valence-corrected chi connectivity index (χ2v) is 6.48. The minimum atomic E-state index is -0.426. The molecule has 0 spiro atoms. The molecule has 1 aromatic heterocycles. The van der Waals surface area contributed by atoms with Crippen molar-refractivity contribution in [1.29, 1.82) is 0 Å². The van der Waals surface area contributed by atoms with Gasteiger partial charge >= 0.3 is 0 Å². The van der Waals surface area contributed by atoms with E-state index in [9.17, 15) is 4.79 Å². The smallest absolute Gasteiger partial charge is 0.257 e. The average Bonchev–Trinajstić information content (AvgIpc) is 3.09. The second kappa shape index (κ2) is 11.1. The van der Waals surface area contributed by atoms with Crippen LogP contribution in [0.15, 0.2) is 28.8 Å². The number of carbonyl (C=O) groups excluding carboxylic acids is 1. The number of nitrogens with zero attached hydrogens (tertiary/aromatic N) is 2. The van der Waals surface area contributed by atoms with E-state index < -0.39 is 6.04 Å². The van der Waals surface area contributed by atoms with Crippen LogP contribution in [-0.4, -0.2) is 40.6 Å². The van der Waals surface area contributed by atoms with Gasteiger partial charge in [-0.2, -0.15) is 16.7 Å². The molecule has 0 radical (unpaired) electrons. The first kappa shape index (κ1) is 21.5. The zero-order chi connectivity index (χ0) is 17.4. The molecule has 138 valence electrons. The van der Waals surface area contributed by atoms with E-state index in [1.54, 1.807) is 11.8 Å². The fourth-order valence-electron chi connectivity index (χ4n) is 2.17. The lowest BCUT2D eigenvalue weighted by molar-refractivity contribution is -0.122. The summed E-state index contributed by atoms with van der Waals surface area (Å²) in [5.74, 6) is 2.05. The number of benzene rings is 1. The van der Waals surface area contributed by atoms with Crippen molar-refractivity contribution in [3.8, 4) is 11.5 Å².